The lowest BCUT2D eigenvalue weighted by Crippen LogP contribution is -2.31. The Balaban J connectivity index is 1.62. The number of nitrogens with one attached hydrogen (secondary N) is 2. The predicted molar refractivity (Wildman–Crippen MR) is 123 cm³/mol. The number of benzene rings is 3. The first-order chi connectivity index (χ1) is 16.2. The molecule has 10 heteroatoms. The summed E-state index contributed by atoms with van der Waals surface area (Å²) in [6.45, 7) is 0. The Morgan fingerprint density at radius 3 is 2.41 bits per heavy atom. The van der Waals surface area contributed by atoms with Gasteiger partial charge in [-0.1, -0.05) is 30.3 Å². The van der Waals surface area contributed by atoms with Crippen molar-refractivity contribution >= 4 is 21.6 Å². The number of hydrogen-bond donors (Lipinski definition) is 2. The molecule has 0 aliphatic carbocycles. The first kappa shape index (κ1) is 23.1. The molecule has 3 aromatic carbocycles. The smallest absolute Gasteiger partial charge is 0.262 e. The van der Waals surface area contributed by atoms with Crippen LogP contribution in [0.3, 0.4) is 0 Å². The van der Waals surface area contributed by atoms with Gasteiger partial charge in [0.15, 0.2) is 0 Å². The normalized spacial score (nSPS) is 12.2. The number of amides is 1. The molecule has 0 unspecified atom stereocenters. The summed E-state index contributed by atoms with van der Waals surface area (Å²) in [4.78, 5) is 17.2. The second-order valence-corrected chi connectivity index (χ2v) is 9.15. The number of carbonyl (C=O) groups is 1. The second kappa shape index (κ2) is 9.44. The van der Waals surface area contributed by atoms with Crippen molar-refractivity contribution in [2.24, 2.45) is 7.05 Å². The van der Waals surface area contributed by atoms with Gasteiger partial charge in [-0.05, 0) is 48.0 Å². The molecule has 4 aromatic rings. The molecule has 0 fully saturated rings. The standard InChI is InChI=1S/C24H20F2N4O3S/c1-30-14-13-27-23(30)22(16-9-11-18(25)12-10-16)28-24(31)17-5-4-6-19(15-17)34(32,33)29-21-8-3-2-7-20(21)26/h2-15,22,29H,1H3,(H,28,31)/t22-/m1/s1. The lowest BCUT2D eigenvalue weighted by atomic mass is 10.1. The molecule has 0 bridgehead atoms. The van der Waals surface area contributed by atoms with E-state index in [1.807, 2.05) is 0 Å². The summed E-state index contributed by atoms with van der Waals surface area (Å²) in [5.41, 5.74) is 0.454. The molecule has 0 saturated carbocycles. The van der Waals surface area contributed by atoms with E-state index in [1.165, 1.54) is 66.7 Å². The number of aromatic nitrogens is 2. The molecule has 1 amide bonds. The summed E-state index contributed by atoms with van der Waals surface area (Å²) in [5.74, 6) is -1.21. The van der Waals surface area contributed by atoms with Gasteiger partial charge in [0.25, 0.3) is 15.9 Å². The van der Waals surface area contributed by atoms with E-state index in [-0.39, 0.29) is 16.1 Å². The summed E-state index contributed by atoms with van der Waals surface area (Å²) < 4.78 is 56.8. The third kappa shape index (κ3) is 4.96. The SMILES string of the molecule is Cn1ccnc1[C@H](NC(=O)c1cccc(S(=O)(=O)Nc2ccccc2F)c1)c1ccc(F)cc1. The van der Waals surface area contributed by atoms with Gasteiger partial charge in [0.1, 0.15) is 23.5 Å². The summed E-state index contributed by atoms with van der Waals surface area (Å²) in [5, 5.41) is 2.83. The van der Waals surface area contributed by atoms with E-state index in [1.54, 1.807) is 24.0 Å². The molecule has 4 rings (SSSR count). The number of carbonyl (C=O) groups excluding carboxylic acids is 1. The molecule has 0 radical (unpaired) electrons. The van der Waals surface area contributed by atoms with E-state index in [2.05, 4.69) is 15.0 Å². The van der Waals surface area contributed by atoms with Crippen LogP contribution in [0.1, 0.15) is 27.8 Å². The molecule has 2 N–H and O–H groups in total. The maximum absolute atomic E-state index is 13.9. The lowest BCUT2D eigenvalue weighted by molar-refractivity contribution is 0.0941. The minimum absolute atomic E-state index is 0.0673. The maximum atomic E-state index is 13.9. The van der Waals surface area contributed by atoms with Gasteiger partial charge >= 0.3 is 0 Å². The van der Waals surface area contributed by atoms with Crippen LogP contribution in [-0.2, 0) is 17.1 Å². The fourth-order valence-electron chi connectivity index (χ4n) is 3.37. The Morgan fingerprint density at radius 1 is 1.00 bits per heavy atom. The topological polar surface area (TPSA) is 93.1 Å². The van der Waals surface area contributed by atoms with Crippen LogP contribution in [0.15, 0.2) is 90.1 Å². The Morgan fingerprint density at radius 2 is 1.74 bits per heavy atom. The average Bonchev–Trinajstić information content (AvgIpc) is 3.25. The Labute approximate surface area is 195 Å². The van der Waals surface area contributed by atoms with E-state index in [0.717, 1.165) is 6.07 Å². The quantitative estimate of drug-likeness (QED) is 0.416. The van der Waals surface area contributed by atoms with E-state index < -0.39 is 33.6 Å². The zero-order chi connectivity index (χ0) is 24.3. The van der Waals surface area contributed by atoms with Crippen molar-refractivity contribution in [3.8, 4) is 0 Å². The molecular weight excluding hydrogens is 462 g/mol. The number of anilines is 1. The molecule has 0 aliphatic heterocycles. The molecule has 0 aliphatic rings. The van der Waals surface area contributed by atoms with E-state index in [9.17, 15) is 22.0 Å². The molecule has 7 nitrogen and oxygen atoms in total. The third-order valence-electron chi connectivity index (χ3n) is 5.12. The zero-order valence-corrected chi connectivity index (χ0v) is 18.8. The van der Waals surface area contributed by atoms with Gasteiger partial charge in [-0.15, -0.1) is 0 Å². The van der Waals surface area contributed by atoms with E-state index >= 15 is 0 Å². The van der Waals surface area contributed by atoms with Crippen molar-refractivity contribution in [2.75, 3.05) is 4.72 Å². The van der Waals surface area contributed by atoms with Gasteiger partial charge in [0.05, 0.1) is 10.6 Å². The first-order valence-electron chi connectivity index (χ1n) is 10.2. The number of sulfonamides is 1. The largest absolute Gasteiger partial charge is 0.338 e. The highest BCUT2D eigenvalue weighted by Gasteiger charge is 2.23. The number of rotatable bonds is 7. The van der Waals surface area contributed by atoms with Crippen molar-refractivity contribution in [1.29, 1.82) is 0 Å². The molecule has 34 heavy (non-hydrogen) atoms. The highest BCUT2D eigenvalue weighted by Crippen LogP contribution is 2.23. The average molecular weight is 483 g/mol. The third-order valence-corrected chi connectivity index (χ3v) is 6.48. The van der Waals surface area contributed by atoms with Crippen molar-refractivity contribution < 1.29 is 22.0 Å². The van der Waals surface area contributed by atoms with Gasteiger partial charge in [-0.3, -0.25) is 9.52 Å². The minimum Gasteiger partial charge on any atom is -0.338 e. The van der Waals surface area contributed by atoms with Gasteiger partial charge in [-0.2, -0.15) is 0 Å². The molecule has 1 heterocycles. The maximum Gasteiger partial charge on any atom is 0.262 e. The highest BCUT2D eigenvalue weighted by atomic mass is 32.2. The van der Waals surface area contributed by atoms with Crippen LogP contribution in [0.25, 0.3) is 0 Å². The highest BCUT2D eigenvalue weighted by molar-refractivity contribution is 7.92. The van der Waals surface area contributed by atoms with Crippen LogP contribution >= 0.6 is 0 Å². The van der Waals surface area contributed by atoms with Crippen molar-refractivity contribution in [3.63, 3.8) is 0 Å². The summed E-state index contributed by atoms with van der Waals surface area (Å²) in [6.07, 6.45) is 3.28. The molecule has 0 spiro atoms. The van der Waals surface area contributed by atoms with Crippen molar-refractivity contribution in [2.45, 2.75) is 10.9 Å². The Kier molecular flexibility index (Phi) is 6.42. The van der Waals surface area contributed by atoms with Crippen LogP contribution in [0.5, 0.6) is 0 Å². The number of imidazole rings is 1. The molecule has 174 valence electrons. The van der Waals surface area contributed by atoms with Crippen LogP contribution in [0.2, 0.25) is 0 Å². The number of aryl methyl sites for hydroxylation is 1. The summed E-state index contributed by atoms with van der Waals surface area (Å²) >= 11 is 0. The van der Waals surface area contributed by atoms with Gasteiger partial charge in [-0.25, -0.2) is 22.2 Å². The zero-order valence-electron chi connectivity index (χ0n) is 17.9. The van der Waals surface area contributed by atoms with Gasteiger partial charge in [0, 0.05) is 25.0 Å². The summed E-state index contributed by atoms with van der Waals surface area (Å²) in [7, 11) is -2.40. The molecular formula is C24H20F2N4O3S. The fraction of sp³-hybridized carbons (Fsp3) is 0.0833. The number of hydrogen-bond acceptors (Lipinski definition) is 4. The van der Waals surface area contributed by atoms with Crippen LogP contribution in [0, 0.1) is 11.6 Å². The van der Waals surface area contributed by atoms with Gasteiger partial charge in [0.2, 0.25) is 0 Å². The lowest BCUT2D eigenvalue weighted by Gasteiger charge is -2.19. The van der Waals surface area contributed by atoms with Crippen LogP contribution in [0.4, 0.5) is 14.5 Å². The fourth-order valence-corrected chi connectivity index (χ4v) is 4.49. The number of para-hydroxylation sites is 1. The molecule has 1 atom stereocenters. The second-order valence-electron chi connectivity index (χ2n) is 7.47. The van der Waals surface area contributed by atoms with E-state index in [4.69, 9.17) is 0 Å². The predicted octanol–water partition coefficient (Wildman–Crippen LogP) is 4.02. The van der Waals surface area contributed by atoms with Crippen LogP contribution in [-0.4, -0.2) is 23.9 Å². The number of nitrogens with zero attached hydrogens (tertiary/aromatic N) is 2. The molecule has 1 aromatic heterocycles. The number of halogens is 2. The van der Waals surface area contributed by atoms with Crippen LogP contribution < -0.4 is 10.0 Å². The van der Waals surface area contributed by atoms with Crippen molar-refractivity contribution in [1.82, 2.24) is 14.9 Å². The Hall–Kier alpha value is -4.05. The molecule has 0 saturated heterocycles. The Bertz CT molecular complexity index is 1440. The van der Waals surface area contributed by atoms with E-state index in [0.29, 0.717) is 11.4 Å². The van der Waals surface area contributed by atoms with Crippen molar-refractivity contribution in [3.05, 3.63) is 114 Å². The first-order valence-corrected chi connectivity index (χ1v) is 11.6. The van der Waals surface area contributed by atoms with Gasteiger partial charge < -0.3 is 9.88 Å². The summed E-state index contributed by atoms with van der Waals surface area (Å²) in [6, 6.07) is 15.6. The minimum atomic E-state index is -4.16. The monoisotopic (exact) mass is 482 g/mol.